The second kappa shape index (κ2) is 10.8. The molecule has 1 N–H and O–H groups in total. The predicted octanol–water partition coefficient (Wildman–Crippen LogP) is 5.29. The summed E-state index contributed by atoms with van der Waals surface area (Å²) in [6.45, 7) is 1.76. The zero-order valence-electron chi connectivity index (χ0n) is 22.5. The molecule has 3 aromatic rings. The number of ketones is 1. The van der Waals surface area contributed by atoms with Crippen LogP contribution in [0, 0.1) is 5.82 Å². The maximum absolute atomic E-state index is 16.5. The first kappa shape index (κ1) is 28.6. The van der Waals surface area contributed by atoms with Gasteiger partial charge in [0.05, 0.1) is 40.1 Å². The smallest absolute Gasteiger partial charge is 0.257 e. The highest BCUT2D eigenvalue weighted by molar-refractivity contribution is 6.30. The molecule has 2 aliphatic rings. The van der Waals surface area contributed by atoms with E-state index >= 15 is 4.39 Å². The Hall–Kier alpha value is -2.88. The molecule has 1 fully saturated rings. The summed E-state index contributed by atoms with van der Waals surface area (Å²) in [6, 6.07) is 12.8. The van der Waals surface area contributed by atoms with Crippen molar-refractivity contribution in [1.82, 2.24) is 14.8 Å². The number of hydrogen-bond donors (Lipinski definition) is 1. The predicted molar refractivity (Wildman–Crippen MR) is 150 cm³/mol. The van der Waals surface area contributed by atoms with E-state index in [9.17, 15) is 14.7 Å². The summed E-state index contributed by atoms with van der Waals surface area (Å²) in [5, 5.41) is 12.1. The molecule has 0 bridgehead atoms. The molecule has 1 saturated carbocycles. The van der Waals surface area contributed by atoms with E-state index in [4.69, 9.17) is 27.9 Å². The number of benzene rings is 2. The molecule has 1 aliphatic carbocycles. The standard InChI is InChI=1S/C30H30Cl2FN3O4/c1-29(39,17-35(2)3)19-12-25-27(26(33)13-19)30(18-4-6-20(31)7-5-18,40-24-11-10-23(37)14-24)36(28(25)38)16-22-9-8-21(32)15-34-22/h4-9,12-13,15,24,39H,10-11,14,16-17H2,1-3H3/t24-,29+,30+/m0/s1. The number of Topliss-reactive ketones (excluding diaryl/α,β-unsaturated/α-hetero) is 1. The average Bonchev–Trinajstić information content (AvgIpc) is 3.39. The Morgan fingerprint density at radius 1 is 1.15 bits per heavy atom. The zero-order valence-corrected chi connectivity index (χ0v) is 24.0. The van der Waals surface area contributed by atoms with E-state index in [0.717, 1.165) is 0 Å². The normalized spacial score (nSPS) is 22.2. The number of aromatic nitrogens is 1. The lowest BCUT2D eigenvalue weighted by molar-refractivity contribution is -0.149. The van der Waals surface area contributed by atoms with Crippen LogP contribution in [0.5, 0.6) is 0 Å². The first-order valence-corrected chi connectivity index (χ1v) is 13.8. The van der Waals surface area contributed by atoms with Crippen LogP contribution in [0.15, 0.2) is 54.7 Å². The van der Waals surface area contributed by atoms with E-state index in [1.165, 1.54) is 23.2 Å². The molecule has 10 heteroatoms. The fourth-order valence-corrected chi connectivity index (χ4v) is 5.93. The third-order valence-electron chi connectivity index (χ3n) is 7.41. The van der Waals surface area contributed by atoms with Crippen LogP contribution in [-0.2, 0) is 27.4 Å². The van der Waals surface area contributed by atoms with Crippen molar-refractivity contribution in [3.05, 3.63) is 98.5 Å². The Morgan fingerprint density at radius 2 is 1.85 bits per heavy atom. The molecule has 210 valence electrons. The van der Waals surface area contributed by atoms with Gasteiger partial charge in [-0.15, -0.1) is 0 Å². The Labute approximate surface area is 242 Å². The number of nitrogens with zero attached hydrogens (tertiary/aromatic N) is 3. The van der Waals surface area contributed by atoms with Gasteiger partial charge < -0.3 is 14.7 Å². The van der Waals surface area contributed by atoms with Crippen molar-refractivity contribution in [2.24, 2.45) is 0 Å². The molecule has 0 saturated heterocycles. The van der Waals surface area contributed by atoms with E-state index in [0.29, 0.717) is 34.1 Å². The maximum Gasteiger partial charge on any atom is 0.257 e. The lowest BCUT2D eigenvalue weighted by Crippen LogP contribution is -2.48. The molecule has 1 aliphatic heterocycles. The number of hydrogen-bond acceptors (Lipinski definition) is 6. The van der Waals surface area contributed by atoms with Crippen molar-refractivity contribution in [2.75, 3.05) is 20.6 Å². The van der Waals surface area contributed by atoms with Gasteiger partial charge in [0.2, 0.25) is 5.72 Å². The molecule has 1 amide bonds. The van der Waals surface area contributed by atoms with Gasteiger partial charge in [0.25, 0.3) is 5.91 Å². The number of amides is 1. The van der Waals surface area contributed by atoms with Crippen LogP contribution in [0.1, 0.15) is 58.9 Å². The molecular formula is C30H30Cl2FN3O4. The molecule has 2 heterocycles. The summed E-state index contributed by atoms with van der Waals surface area (Å²) in [6.07, 6.45) is 1.88. The highest BCUT2D eigenvalue weighted by Crippen LogP contribution is 2.50. The number of carbonyl (C=O) groups is 2. The van der Waals surface area contributed by atoms with Crippen molar-refractivity contribution in [1.29, 1.82) is 0 Å². The van der Waals surface area contributed by atoms with Crippen molar-refractivity contribution in [3.63, 3.8) is 0 Å². The van der Waals surface area contributed by atoms with Gasteiger partial charge in [-0.25, -0.2) is 4.39 Å². The largest absolute Gasteiger partial charge is 0.384 e. The molecule has 3 atom stereocenters. The van der Waals surface area contributed by atoms with Gasteiger partial charge in [-0.3, -0.25) is 19.5 Å². The van der Waals surface area contributed by atoms with Crippen LogP contribution in [0.3, 0.4) is 0 Å². The minimum absolute atomic E-state index is 0.0255. The summed E-state index contributed by atoms with van der Waals surface area (Å²) in [4.78, 5) is 34.1. The Bertz CT molecular complexity index is 1450. The van der Waals surface area contributed by atoms with Gasteiger partial charge in [-0.05, 0) is 69.4 Å². The number of fused-ring (bicyclic) bond motifs is 1. The molecule has 5 rings (SSSR count). The number of likely N-dealkylation sites (N-methyl/N-ethyl adjacent to an activating group) is 1. The lowest BCUT2D eigenvalue weighted by Gasteiger charge is -2.41. The van der Waals surface area contributed by atoms with Crippen LogP contribution in [0.2, 0.25) is 10.0 Å². The maximum atomic E-state index is 16.5. The van der Waals surface area contributed by atoms with Crippen LogP contribution >= 0.6 is 23.2 Å². The molecule has 0 unspecified atom stereocenters. The van der Waals surface area contributed by atoms with Crippen molar-refractivity contribution >= 4 is 34.9 Å². The second-order valence-corrected chi connectivity index (χ2v) is 11.8. The fraction of sp³-hybridized carbons (Fsp3) is 0.367. The van der Waals surface area contributed by atoms with Crippen molar-refractivity contribution in [2.45, 2.75) is 50.2 Å². The Balaban J connectivity index is 1.74. The minimum Gasteiger partial charge on any atom is -0.384 e. The van der Waals surface area contributed by atoms with Crippen LogP contribution in [-0.4, -0.2) is 58.3 Å². The summed E-state index contributed by atoms with van der Waals surface area (Å²) in [5.41, 5.74) is -1.81. The van der Waals surface area contributed by atoms with Crippen LogP contribution in [0.25, 0.3) is 0 Å². The molecule has 0 radical (unpaired) electrons. The van der Waals surface area contributed by atoms with E-state index in [1.807, 2.05) is 0 Å². The van der Waals surface area contributed by atoms with Gasteiger partial charge in [0.15, 0.2) is 0 Å². The van der Waals surface area contributed by atoms with E-state index in [1.54, 1.807) is 62.3 Å². The Kier molecular flexibility index (Phi) is 7.76. The van der Waals surface area contributed by atoms with E-state index in [2.05, 4.69) is 4.98 Å². The summed E-state index contributed by atoms with van der Waals surface area (Å²) in [5.74, 6) is -1.15. The van der Waals surface area contributed by atoms with Gasteiger partial charge in [-0.2, -0.15) is 0 Å². The minimum atomic E-state index is -1.72. The van der Waals surface area contributed by atoms with Gasteiger partial charge in [0.1, 0.15) is 11.6 Å². The summed E-state index contributed by atoms with van der Waals surface area (Å²) >= 11 is 12.3. The topological polar surface area (TPSA) is 83.0 Å². The fourth-order valence-electron chi connectivity index (χ4n) is 5.69. The van der Waals surface area contributed by atoms with Gasteiger partial charge in [-0.1, -0.05) is 35.3 Å². The third-order valence-corrected chi connectivity index (χ3v) is 7.89. The van der Waals surface area contributed by atoms with Crippen molar-refractivity contribution < 1.29 is 23.8 Å². The highest BCUT2D eigenvalue weighted by atomic mass is 35.5. The quantitative estimate of drug-likeness (QED) is 0.386. The summed E-state index contributed by atoms with van der Waals surface area (Å²) in [7, 11) is 3.60. The third kappa shape index (κ3) is 5.27. The van der Waals surface area contributed by atoms with Crippen LogP contribution < -0.4 is 0 Å². The average molecular weight is 586 g/mol. The number of halogens is 3. The highest BCUT2D eigenvalue weighted by Gasteiger charge is 2.56. The first-order chi connectivity index (χ1) is 18.9. The zero-order chi connectivity index (χ0) is 28.8. The number of rotatable bonds is 8. The van der Waals surface area contributed by atoms with E-state index < -0.39 is 29.2 Å². The molecular weight excluding hydrogens is 556 g/mol. The molecule has 40 heavy (non-hydrogen) atoms. The van der Waals surface area contributed by atoms with Gasteiger partial charge in [0, 0.05) is 36.2 Å². The number of ether oxygens (including phenoxy) is 1. The first-order valence-electron chi connectivity index (χ1n) is 13.0. The lowest BCUT2D eigenvalue weighted by atomic mass is 9.87. The van der Waals surface area contributed by atoms with Crippen LogP contribution in [0.4, 0.5) is 4.39 Å². The SMILES string of the molecule is CN(C)C[C@@](C)(O)c1cc(F)c2c(c1)C(=O)N(Cc1ccc(Cl)cn1)[C@@]2(O[C@H]1CCC(=O)C1)c1ccc(Cl)cc1. The monoisotopic (exact) mass is 585 g/mol. The number of pyridine rings is 1. The number of carbonyl (C=O) groups excluding carboxylic acids is 2. The molecule has 7 nitrogen and oxygen atoms in total. The molecule has 2 aromatic carbocycles. The molecule has 1 aromatic heterocycles. The Morgan fingerprint density at radius 3 is 2.45 bits per heavy atom. The molecule has 0 spiro atoms. The summed E-state index contributed by atoms with van der Waals surface area (Å²) < 4.78 is 23.2. The van der Waals surface area contributed by atoms with Crippen molar-refractivity contribution in [3.8, 4) is 0 Å². The van der Waals surface area contributed by atoms with E-state index in [-0.39, 0.29) is 42.0 Å². The number of aliphatic hydroxyl groups is 1. The second-order valence-electron chi connectivity index (χ2n) is 10.9. The van der Waals surface area contributed by atoms with Gasteiger partial charge >= 0.3 is 0 Å².